The molecule has 1 aromatic heterocycles. The molecule has 0 saturated heterocycles. The maximum Gasteiger partial charge on any atom is 4.00 e. The van der Waals surface area contributed by atoms with Crippen molar-refractivity contribution < 1.29 is 50.9 Å². The van der Waals surface area contributed by atoms with Gasteiger partial charge in [0, 0.05) is 16.1 Å². The first kappa shape index (κ1) is 28.2. The molecule has 0 atom stereocenters. The van der Waals surface area contributed by atoms with Gasteiger partial charge in [-0.1, -0.05) is 73.7 Å². The largest absolute Gasteiger partial charge is 4.00 e. The van der Waals surface area contributed by atoms with Crippen LogP contribution in [-0.2, 0) is 28.1 Å². The summed E-state index contributed by atoms with van der Waals surface area (Å²) in [6.45, 7) is 0. The summed E-state index contributed by atoms with van der Waals surface area (Å²) in [7, 11) is 2.18. The zero-order chi connectivity index (χ0) is 18.2. The van der Waals surface area contributed by atoms with Crippen molar-refractivity contribution >= 4 is 10.2 Å². The third kappa shape index (κ3) is 8.82. The van der Waals surface area contributed by atoms with Crippen LogP contribution in [0, 0.1) is 12.0 Å². The number of pyridine rings is 1. The Hall–Kier alpha value is -0.839. The molecule has 1 fully saturated rings. The molecule has 0 spiro atoms. The van der Waals surface area contributed by atoms with E-state index in [1.54, 1.807) is 12.1 Å². The van der Waals surface area contributed by atoms with Gasteiger partial charge in [-0.05, 0) is 17.7 Å². The maximum absolute atomic E-state index is 11.7. The van der Waals surface area contributed by atoms with Crippen molar-refractivity contribution in [3.8, 4) is 11.3 Å². The van der Waals surface area contributed by atoms with Gasteiger partial charge in [-0.25, -0.2) is 10.5 Å². The van der Waals surface area contributed by atoms with Gasteiger partial charge in [0.05, 0.1) is 0 Å². The Bertz CT molecular complexity index is 765. The van der Waals surface area contributed by atoms with E-state index in [9.17, 15) is 4.39 Å². The molecule has 1 heterocycles. The number of hydrogen-bond donors (Lipinski definition) is 0. The van der Waals surface area contributed by atoms with Crippen molar-refractivity contribution in [1.82, 2.24) is 4.98 Å². The van der Waals surface area contributed by atoms with Crippen molar-refractivity contribution in [2.45, 2.75) is 44.1 Å². The minimum Gasteiger partial charge on any atom is -1.00 e. The fraction of sp³-hybridized carbons (Fsp3) is 0.304. The Kier molecular flexibility index (Phi) is 14.6. The molecule has 0 amide bonds. The summed E-state index contributed by atoms with van der Waals surface area (Å²) in [4.78, 5) is 4.28. The first-order valence-corrected chi connectivity index (χ1v) is 10.2. The zero-order valence-corrected chi connectivity index (χ0v) is 20.9. The number of hydrogen-bond acceptors (Lipinski definition) is 1. The Balaban J connectivity index is 0.000000425. The van der Waals surface area contributed by atoms with E-state index >= 15 is 0 Å². The van der Waals surface area contributed by atoms with Gasteiger partial charge < -0.3 is 29.8 Å². The van der Waals surface area contributed by atoms with Crippen molar-refractivity contribution in [1.29, 1.82) is 0 Å². The normalized spacial score (nSPS) is 13.4. The molecule has 5 rings (SSSR count). The molecule has 0 unspecified atom stereocenters. The van der Waals surface area contributed by atoms with Gasteiger partial charge in [0.2, 0.25) is 0 Å². The summed E-state index contributed by atoms with van der Waals surface area (Å²) >= 11 is 0. The molecule has 0 bridgehead atoms. The van der Waals surface area contributed by atoms with E-state index in [0.29, 0.717) is 0 Å². The second kappa shape index (κ2) is 15.0. The van der Waals surface area contributed by atoms with Crippen LogP contribution in [0.1, 0.15) is 43.2 Å². The van der Waals surface area contributed by atoms with Crippen LogP contribution in [0.3, 0.4) is 0 Å². The molecule has 3 aromatic rings. The van der Waals surface area contributed by atoms with Crippen LogP contribution in [0.15, 0.2) is 60.7 Å². The van der Waals surface area contributed by atoms with Crippen LogP contribution >= 0.6 is 0 Å². The SMILES string of the molecule is Fc1ccc[cH-]1.[Cl-].[Cl-].[SiH2]C1CCCCC1.[Ti+4].[c-]1ccc2c(n1)-c1ccccc1C2. The van der Waals surface area contributed by atoms with E-state index in [-0.39, 0.29) is 52.3 Å². The van der Waals surface area contributed by atoms with Gasteiger partial charge in [0.1, 0.15) is 0 Å². The monoisotopic (exact) mass is 480 g/mol. The van der Waals surface area contributed by atoms with Crippen molar-refractivity contribution in [2.75, 3.05) is 0 Å². The fourth-order valence-electron chi connectivity index (χ4n) is 3.41. The zero-order valence-electron chi connectivity index (χ0n) is 16.4. The van der Waals surface area contributed by atoms with E-state index in [1.807, 2.05) is 6.07 Å². The molecule has 2 aliphatic carbocycles. The number of benzene rings is 1. The summed E-state index contributed by atoms with van der Waals surface area (Å²) in [6.07, 6.45) is 11.4. The van der Waals surface area contributed by atoms with E-state index in [2.05, 4.69) is 51.8 Å². The number of nitrogens with zero attached hydrogens (tertiary/aromatic N) is 1. The predicted molar refractivity (Wildman–Crippen MR) is 109 cm³/mol. The second-order valence-electron chi connectivity index (χ2n) is 6.89. The van der Waals surface area contributed by atoms with E-state index in [0.717, 1.165) is 17.7 Å². The first-order valence-electron chi connectivity index (χ1n) is 9.38. The van der Waals surface area contributed by atoms with E-state index < -0.39 is 0 Å². The van der Waals surface area contributed by atoms with Crippen molar-refractivity contribution in [3.05, 3.63) is 83.8 Å². The van der Waals surface area contributed by atoms with Crippen LogP contribution in [-0.4, -0.2) is 15.2 Å². The molecule has 0 aliphatic heterocycles. The Morgan fingerprint density at radius 3 is 2.24 bits per heavy atom. The molecule has 151 valence electrons. The molecule has 6 heteroatoms. The molecular formula is C23H25Cl2FNSiTi. The van der Waals surface area contributed by atoms with Gasteiger partial charge in [0.15, 0.2) is 0 Å². The van der Waals surface area contributed by atoms with Gasteiger partial charge in [-0.3, -0.25) is 0 Å². The molecule has 0 N–H and O–H groups in total. The van der Waals surface area contributed by atoms with Crippen molar-refractivity contribution in [3.63, 3.8) is 0 Å². The summed E-state index contributed by atoms with van der Waals surface area (Å²) in [6, 6.07) is 18.6. The second-order valence-corrected chi connectivity index (χ2v) is 8.04. The number of halogens is 3. The molecule has 2 aliphatic rings. The maximum atomic E-state index is 11.7. The van der Waals surface area contributed by atoms with Crippen LogP contribution in [0.4, 0.5) is 4.39 Å². The first-order chi connectivity index (χ1) is 12.7. The average Bonchev–Trinajstić information content (AvgIpc) is 3.30. The van der Waals surface area contributed by atoms with E-state index in [4.69, 9.17) is 0 Å². The summed E-state index contributed by atoms with van der Waals surface area (Å²) < 4.78 is 11.7. The molecule has 29 heavy (non-hydrogen) atoms. The predicted octanol–water partition coefficient (Wildman–Crippen LogP) is -0.625. The van der Waals surface area contributed by atoms with Crippen LogP contribution in [0.25, 0.3) is 11.3 Å². The van der Waals surface area contributed by atoms with E-state index in [1.165, 1.54) is 60.9 Å². The quantitative estimate of drug-likeness (QED) is 0.241. The average molecular weight is 481 g/mol. The third-order valence-corrected chi connectivity index (χ3v) is 5.66. The minimum absolute atomic E-state index is 0. The van der Waals surface area contributed by atoms with Crippen LogP contribution in [0.5, 0.6) is 0 Å². The summed E-state index contributed by atoms with van der Waals surface area (Å²) in [5.41, 5.74) is 6.14. The van der Waals surface area contributed by atoms with Gasteiger partial charge in [-0.2, -0.15) is 24.3 Å². The smallest absolute Gasteiger partial charge is 1.00 e. The minimum atomic E-state index is -0.157. The van der Waals surface area contributed by atoms with Crippen LogP contribution in [0.2, 0.25) is 5.54 Å². The molecule has 2 aromatic carbocycles. The standard InChI is InChI=1S/C12H8N.C6H13Si.C5H4F.2ClH.Ti/c1-2-6-11-9(4-1)8-10-5-3-7-13-12(10)11;7-6-4-2-1-3-5-6;6-5-3-1-2-4-5;;;/h1-6H,8H2;6H,1-5,7H2;1-4H;2*1H;/q-1;;-1;;;+4/p-2. The van der Waals surface area contributed by atoms with Gasteiger partial charge in [0.25, 0.3) is 0 Å². The number of rotatable bonds is 0. The number of fused-ring (bicyclic) bond motifs is 3. The van der Waals surface area contributed by atoms with Gasteiger partial charge in [-0.15, -0.1) is 11.6 Å². The Morgan fingerprint density at radius 1 is 0.966 bits per heavy atom. The number of aromatic nitrogens is 1. The molecule has 1 nitrogen and oxygen atoms in total. The molecule has 1 saturated carbocycles. The summed E-state index contributed by atoms with van der Waals surface area (Å²) in [5.74, 6) is -0.157. The fourth-order valence-corrected chi connectivity index (χ4v) is 3.99. The summed E-state index contributed by atoms with van der Waals surface area (Å²) in [5, 5.41) is 0. The van der Waals surface area contributed by atoms with Crippen molar-refractivity contribution in [2.24, 2.45) is 0 Å². The Morgan fingerprint density at radius 2 is 1.69 bits per heavy atom. The molecular weight excluding hydrogens is 456 g/mol. The Labute approximate surface area is 204 Å². The molecule has 1 radical (unpaired) electrons. The van der Waals surface area contributed by atoms with Crippen LogP contribution < -0.4 is 24.8 Å². The topological polar surface area (TPSA) is 12.9 Å². The van der Waals surface area contributed by atoms with Gasteiger partial charge >= 0.3 is 21.7 Å². The third-order valence-electron chi connectivity index (χ3n) is 4.84.